The molecule has 1 saturated heterocycles. The van der Waals surface area contributed by atoms with Gasteiger partial charge in [-0.2, -0.15) is 0 Å². The molecular weight excluding hydrogens is 304 g/mol. The van der Waals surface area contributed by atoms with Crippen molar-refractivity contribution < 1.29 is 4.92 Å². The van der Waals surface area contributed by atoms with Crippen molar-refractivity contribution in [3.63, 3.8) is 0 Å². The maximum atomic E-state index is 10.7. The first-order valence-corrected chi connectivity index (χ1v) is 8.29. The van der Waals surface area contributed by atoms with Gasteiger partial charge in [0.05, 0.1) is 4.92 Å². The van der Waals surface area contributed by atoms with Crippen LogP contribution in [-0.2, 0) is 6.54 Å². The smallest absolute Gasteiger partial charge is 0.287 e. The highest BCUT2D eigenvalue weighted by molar-refractivity contribution is 5.55. The Morgan fingerprint density at radius 2 is 1.92 bits per heavy atom. The van der Waals surface area contributed by atoms with E-state index in [0.29, 0.717) is 0 Å². The van der Waals surface area contributed by atoms with Crippen LogP contribution < -0.4 is 9.80 Å². The van der Waals surface area contributed by atoms with Crippen molar-refractivity contribution >= 4 is 17.2 Å². The van der Waals surface area contributed by atoms with Gasteiger partial charge < -0.3 is 9.80 Å². The van der Waals surface area contributed by atoms with Crippen molar-refractivity contribution in [3.05, 3.63) is 58.3 Å². The zero-order valence-corrected chi connectivity index (χ0v) is 13.9. The van der Waals surface area contributed by atoms with Gasteiger partial charge in [-0.15, -0.1) is 0 Å². The first kappa shape index (κ1) is 16.2. The summed E-state index contributed by atoms with van der Waals surface area (Å²) in [5, 5.41) is 10.7. The van der Waals surface area contributed by atoms with E-state index in [1.807, 2.05) is 11.9 Å². The van der Waals surface area contributed by atoms with Gasteiger partial charge in [0, 0.05) is 38.4 Å². The monoisotopic (exact) mass is 326 g/mol. The second-order valence-corrected chi connectivity index (χ2v) is 6.16. The number of nitrogens with zero attached hydrogens (tertiary/aromatic N) is 4. The van der Waals surface area contributed by atoms with Crippen molar-refractivity contribution in [2.75, 3.05) is 29.9 Å². The molecule has 0 aliphatic carbocycles. The van der Waals surface area contributed by atoms with Gasteiger partial charge in [0.25, 0.3) is 5.69 Å². The highest BCUT2D eigenvalue weighted by atomic mass is 16.6. The van der Waals surface area contributed by atoms with E-state index < -0.39 is 4.92 Å². The number of piperidine rings is 1. The van der Waals surface area contributed by atoms with E-state index in [2.05, 4.69) is 34.1 Å². The fourth-order valence-electron chi connectivity index (χ4n) is 3.14. The summed E-state index contributed by atoms with van der Waals surface area (Å²) < 4.78 is 0. The molecule has 24 heavy (non-hydrogen) atoms. The number of hydrogen-bond donors (Lipinski definition) is 0. The average molecular weight is 326 g/mol. The predicted molar refractivity (Wildman–Crippen MR) is 95.5 cm³/mol. The summed E-state index contributed by atoms with van der Waals surface area (Å²) in [6.45, 7) is 2.94. The molecule has 0 radical (unpaired) electrons. The second kappa shape index (κ2) is 7.29. The molecular formula is C18H22N4O2. The van der Waals surface area contributed by atoms with Crippen LogP contribution in [0.25, 0.3) is 0 Å². The molecule has 126 valence electrons. The average Bonchev–Trinajstić information content (AvgIpc) is 2.63. The summed E-state index contributed by atoms with van der Waals surface area (Å²) in [6, 6.07) is 11.7. The highest BCUT2D eigenvalue weighted by Crippen LogP contribution is 2.26. The predicted octanol–water partition coefficient (Wildman–Crippen LogP) is 3.62. The zero-order chi connectivity index (χ0) is 16.9. The fraction of sp³-hybridized carbons (Fsp3) is 0.389. The number of aromatic nitrogens is 1. The Labute approximate surface area is 141 Å². The Morgan fingerprint density at radius 1 is 1.17 bits per heavy atom. The van der Waals surface area contributed by atoms with Gasteiger partial charge in [0.2, 0.25) is 0 Å². The van der Waals surface area contributed by atoms with Gasteiger partial charge in [-0.1, -0.05) is 18.2 Å². The molecule has 2 heterocycles. The number of para-hydroxylation sites is 1. The van der Waals surface area contributed by atoms with Gasteiger partial charge in [0.1, 0.15) is 12.0 Å². The summed E-state index contributed by atoms with van der Waals surface area (Å²) in [7, 11) is 1.96. The lowest BCUT2D eigenvalue weighted by Gasteiger charge is -2.31. The highest BCUT2D eigenvalue weighted by Gasteiger charge is 2.15. The summed E-state index contributed by atoms with van der Waals surface area (Å²) in [4.78, 5) is 19.0. The molecule has 0 saturated carbocycles. The van der Waals surface area contributed by atoms with E-state index in [0.717, 1.165) is 25.5 Å². The molecule has 1 fully saturated rings. The molecule has 0 amide bonds. The third-order valence-corrected chi connectivity index (χ3v) is 4.43. The molecule has 2 aromatic rings. The number of benzene rings is 1. The third kappa shape index (κ3) is 3.64. The van der Waals surface area contributed by atoms with E-state index in [4.69, 9.17) is 0 Å². The Kier molecular flexibility index (Phi) is 4.93. The van der Waals surface area contributed by atoms with Crippen LogP contribution in [-0.4, -0.2) is 30.0 Å². The van der Waals surface area contributed by atoms with E-state index in [1.165, 1.54) is 42.8 Å². The summed E-state index contributed by atoms with van der Waals surface area (Å²) in [5.41, 5.74) is 2.55. The summed E-state index contributed by atoms with van der Waals surface area (Å²) in [5.74, 6) is 0.731. The van der Waals surface area contributed by atoms with E-state index in [9.17, 15) is 10.1 Å². The summed E-state index contributed by atoms with van der Waals surface area (Å²) in [6.07, 6.45) is 5.11. The first-order chi connectivity index (χ1) is 11.6. The van der Waals surface area contributed by atoms with Gasteiger partial charge in [-0.25, -0.2) is 4.98 Å². The van der Waals surface area contributed by atoms with Crippen molar-refractivity contribution in [2.45, 2.75) is 25.8 Å². The standard InChI is InChI=1S/C18H22N4O2/c1-20(18-10-9-16(13-19-18)22(23)24)14-15-7-3-4-8-17(15)21-11-5-2-6-12-21/h3-4,7-10,13H,2,5-6,11-12,14H2,1H3. The molecule has 6 nitrogen and oxygen atoms in total. The van der Waals surface area contributed by atoms with E-state index in [-0.39, 0.29) is 5.69 Å². The largest absolute Gasteiger partial charge is 0.371 e. The van der Waals surface area contributed by atoms with Crippen LogP contribution in [0, 0.1) is 10.1 Å². The normalized spacial score (nSPS) is 14.5. The lowest BCUT2D eigenvalue weighted by molar-refractivity contribution is -0.385. The van der Waals surface area contributed by atoms with E-state index >= 15 is 0 Å². The maximum Gasteiger partial charge on any atom is 0.287 e. The van der Waals surface area contributed by atoms with Gasteiger partial charge >= 0.3 is 0 Å². The second-order valence-electron chi connectivity index (χ2n) is 6.16. The Bertz CT molecular complexity index is 696. The molecule has 0 bridgehead atoms. The molecule has 0 atom stereocenters. The minimum absolute atomic E-state index is 0.0147. The lowest BCUT2D eigenvalue weighted by Crippen LogP contribution is -2.31. The van der Waals surface area contributed by atoms with Crippen molar-refractivity contribution in [1.82, 2.24) is 4.98 Å². The molecule has 1 aromatic heterocycles. The Morgan fingerprint density at radius 3 is 2.58 bits per heavy atom. The molecule has 3 rings (SSSR count). The fourth-order valence-corrected chi connectivity index (χ4v) is 3.14. The van der Waals surface area contributed by atoms with E-state index in [1.54, 1.807) is 6.07 Å². The van der Waals surface area contributed by atoms with Crippen LogP contribution in [0.1, 0.15) is 24.8 Å². The van der Waals surface area contributed by atoms with Crippen molar-refractivity contribution in [1.29, 1.82) is 0 Å². The Hall–Kier alpha value is -2.63. The number of pyridine rings is 1. The molecule has 1 aliphatic heterocycles. The van der Waals surface area contributed by atoms with Crippen LogP contribution in [0.2, 0.25) is 0 Å². The maximum absolute atomic E-state index is 10.7. The van der Waals surface area contributed by atoms with Crippen LogP contribution in [0.3, 0.4) is 0 Å². The number of nitro groups is 1. The molecule has 1 aromatic carbocycles. The van der Waals surface area contributed by atoms with Crippen LogP contribution in [0.5, 0.6) is 0 Å². The topological polar surface area (TPSA) is 62.5 Å². The number of hydrogen-bond acceptors (Lipinski definition) is 5. The molecule has 1 aliphatic rings. The van der Waals surface area contributed by atoms with Gasteiger partial charge in [-0.3, -0.25) is 10.1 Å². The molecule has 0 unspecified atom stereocenters. The minimum atomic E-state index is -0.428. The molecule has 0 N–H and O–H groups in total. The lowest BCUT2D eigenvalue weighted by atomic mass is 10.1. The van der Waals surface area contributed by atoms with Crippen LogP contribution in [0.4, 0.5) is 17.2 Å². The zero-order valence-electron chi connectivity index (χ0n) is 13.9. The van der Waals surface area contributed by atoms with Crippen LogP contribution >= 0.6 is 0 Å². The third-order valence-electron chi connectivity index (χ3n) is 4.43. The number of rotatable bonds is 5. The van der Waals surface area contributed by atoms with Gasteiger partial charge in [0.15, 0.2) is 0 Å². The van der Waals surface area contributed by atoms with Crippen molar-refractivity contribution in [3.8, 4) is 0 Å². The van der Waals surface area contributed by atoms with Gasteiger partial charge in [-0.05, 0) is 37.0 Å². The Balaban J connectivity index is 1.76. The quantitative estimate of drug-likeness (QED) is 0.620. The SMILES string of the molecule is CN(Cc1ccccc1N1CCCCC1)c1ccc([N+](=O)[O-])cn1. The molecule has 6 heteroatoms. The first-order valence-electron chi connectivity index (χ1n) is 8.29. The van der Waals surface area contributed by atoms with Crippen molar-refractivity contribution in [2.24, 2.45) is 0 Å². The number of anilines is 2. The molecule has 0 spiro atoms. The summed E-state index contributed by atoms with van der Waals surface area (Å²) >= 11 is 0. The minimum Gasteiger partial charge on any atom is -0.371 e. The van der Waals surface area contributed by atoms with Crippen LogP contribution in [0.15, 0.2) is 42.6 Å².